The van der Waals surface area contributed by atoms with Crippen molar-refractivity contribution in [2.75, 3.05) is 26.6 Å². The number of thiocarbonyl (C=S) groups is 1. The fraction of sp³-hybridized carbons (Fsp3) is 0.235. The first kappa shape index (κ1) is 16.9. The van der Waals surface area contributed by atoms with Gasteiger partial charge in [0.15, 0.2) is 5.11 Å². The molecule has 0 bridgehead atoms. The van der Waals surface area contributed by atoms with E-state index in [1.54, 1.807) is 27.4 Å². The Morgan fingerprint density at radius 3 is 1.96 bits per heavy atom. The average Bonchev–Trinajstić information content (AvgIpc) is 2.60. The van der Waals surface area contributed by atoms with E-state index in [-0.39, 0.29) is 0 Å². The highest BCUT2D eigenvalue weighted by Crippen LogP contribution is 2.25. The summed E-state index contributed by atoms with van der Waals surface area (Å²) in [5.74, 6) is 2.23. The van der Waals surface area contributed by atoms with Crippen molar-refractivity contribution in [3.63, 3.8) is 0 Å². The molecular weight excluding hydrogens is 312 g/mol. The second-order valence-corrected chi connectivity index (χ2v) is 5.17. The van der Waals surface area contributed by atoms with Crippen molar-refractivity contribution in [3.8, 4) is 17.2 Å². The molecule has 2 aromatic rings. The predicted molar refractivity (Wildman–Crippen MR) is 95.6 cm³/mol. The Hall–Kier alpha value is -2.47. The number of ether oxygens (including phenoxy) is 3. The van der Waals surface area contributed by atoms with Gasteiger partial charge in [-0.3, -0.25) is 0 Å². The monoisotopic (exact) mass is 332 g/mol. The lowest BCUT2D eigenvalue weighted by molar-refractivity contribution is 0.395. The molecule has 0 aliphatic heterocycles. The molecule has 0 saturated heterocycles. The highest BCUT2D eigenvalue weighted by Gasteiger charge is 2.04. The van der Waals surface area contributed by atoms with Crippen molar-refractivity contribution in [2.45, 2.75) is 6.54 Å². The van der Waals surface area contributed by atoms with Crippen LogP contribution in [0.2, 0.25) is 0 Å². The van der Waals surface area contributed by atoms with E-state index in [0.717, 1.165) is 17.0 Å². The van der Waals surface area contributed by atoms with Crippen molar-refractivity contribution in [1.82, 2.24) is 5.32 Å². The molecule has 0 fully saturated rings. The van der Waals surface area contributed by atoms with E-state index in [1.165, 1.54) is 0 Å². The number of nitrogens with one attached hydrogen (secondary N) is 2. The third-order valence-electron chi connectivity index (χ3n) is 3.22. The van der Waals surface area contributed by atoms with Gasteiger partial charge < -0.3 is 24.8 Å². The van der Waals surface area contributed by atoms with Crippen LogP contribution in [0.4, 0.5) is 5.69 Å². The Morgan fingerprint density at radius 1 is 0.870 bits per heavy atom. The van der Waals surface area contributed by atoms with E-state index < -0.39 is 0 Å². The number of anilines is 1. The molecule has 0 radical (unpaired) electrons. The fourth-order valence-corrected chi connectivity index (χ4v) is 2.17. The minimum atomic E-state index is 0.524. The molecule has 0 aromatic heterocycles. The molecule has 0 heterocycles. The summed E-state index contributed by atoms with van der Waals surface area (Å²) in [7, 11) is 4.87. The standard InChI is InChI=1S/C17H20N2O3S/c1-20-14-6-4-12(5-7-14)11-18-17(23)19-13-8-15(21-2)10-16(9-13)22-3/h4-10H,11H2,1-3H3,(H2,18,19,23). The van der Waals surface area contributed by atoms with Crippen LogP contribution < -0.4 is 24.8 Å². The van der Waals surface area contributed by atoms with Gasteiger partial charge in [0.2, 0.25) is 0 Å². The molecule has 122 valence electrons. The van der Waals surface area contributed by atoms with Crippen molar-refractivity contribution >= 4 is 23.0 Å². The fourth-order valence-electron chi connectivity index (χ4n) is 1.98. The SMILES string of the molecule is COc1ccc(CNC(=S)Nc2cc(OC)cc(OC)c2)cc1. The molecule has 0 aliphatic rings. The minimum Gasteiger partial charge on any atom is -0.497 e. The van der Waals surface area contributed by atoms with E-state index in [2.05, 4.69) is 10.6 Å². The maximum atomic E-state index is 5.31. The molecule has 6 heteroatoms. The Labute approximate surface area is 141 Å². The van der Waals surface area contributed by atoms with Gasteiger partial charge >= 0.3 is 0 Å². The van der Waals surface area contributed by atoms with Gasteiger partial charge in [-0.15, -0.1) is 0 Å². The lowest BCUT2D eigenvalue weighted by atomic mass is 10.2. The van der Waals surface area contributed by atoms with Crippen molar-refractivity contribution < 1.29 is 14.2 Å². The second-order valence-electron chi connectivity index (χ2n) is 4.76. The number of methoxy groups -OCH3 is 3. The number of benzene rings is 2. The summed E-state index contributed by atoms with van der Waals surface area (Å²) in [6.45, 7) is 0.622. The highest BCUT2D eigenvalue weighted by molar-refractivity contribution is 7.80. The molecule has 0 aliphatic carbocycles. The van der Waals surface area contributed by atoms with Crippen LogP contribution in [0.3, 0.4) is 0 Å². The zero-order valence-corrected chi connectivity index (χ0v) is 14.2. The van der Waals surface area contributed by atoms with Crippen LogP contribution in [0.15, 0.2) is 42.5 Å². The average molecular weight is 332 g/mol. The molecule has 2 rings (SSSR count). The molecule has 2 N–H and O–H groups in total. The third-order valence-corrected chi connectivity index (χ3v) is 3.47. The van der Waals surface area contributed by atoms with E-state index in [4.69, 9.17) is 26.4 Å². The molecule has 0 unspecified atom stereocenters. The topological polar surface area (TPSA) is 51.8 Å². The summed E-state index contributed by atoms with van der Waals surface area (Å²) in [6.07, 6.45) is 0. The van der Waals surface area contributed by atoms with E-state index >= 15 is 0 Å². The Kier molecular flexibility index (Phi) is 6.05. The molecule has 0 amide bonds. The Balaban J connectivity index is 1.93. The largest absolute Gasteiger partial charge is 0.497 e. The highest BCUT2D eigenvalue weighted by atomic mass is 32.1. The number of rotatable bonds is 6. The van der Waals surface area contributed by atoms with E-state index in [1.807, 2.05) is 36.4 Å². The van der Waals surface area contributed by atoms with Gasteiger partial charge in [-0.25, -0.2) is 0 Å². The van der Waals surface area contributed by atoms with Crippen molar-refractivity contribution in [3.05, 3.63) is 48.0 Å². The number of hydrogen-bond donors (Lipinski definition) is 2. The van der Waals surface area contributed by atoms with Crippen LogP contribution in [-0.2, 0) is 6.54 Å². The van der Waals surface area contributed by atoms with E-state index in [9.17, 15) is 0 Å². The maximum absolute atomic E-state index is 5.31. The summed E-state index contributed by atoms with van der Waals surface area (Å²) >= 11 is 5.31. The lowest BCUT2D eigenvalue weighted by Crippen LogP contribution is -2.27. The molecule has 2 aromatic carbocycles. The minimum absolute atomic E-state index is 0.524. The van der Waals surface area contributed by atoms with Gasteiger partial charge in [-0.1, -0.05) is 12.1 Å². The quantitative estimate of drug-likeness (QED) is 0.792. The lowest BCUT2D eigenvalue weighted by Gasteiger charge is -2.13. The van der Waals surface area contributed by atoms with Crippen molar-refractivity contribution in [1.29, 1.82) is 0 Å². The maximum Gasteiger partial charge on any atom is 0.171 e. The summed E-state index contributed by atoms with van der Waals surface area (Å²) in [6, 6.07) is 13.3. The van der Waals surface area contributed by atoms with Crippen LogP contribution in [0.5, 0.6) is 17.2 Å². The van der Waals surface area contributed by atoms with Crippen LogP contribution in [0.25, 0.3) is 0 Å². The second kappa shape index (κ2) is 8.24. The summed E-state index contributed by atoms with van der Waals surface area (Å²) in [5.41, 5.74) is 1.91. The van der Waals surface area contributed by atoms with Crippen LogP contribution >= 0.6 is 12.2 Å². The van der Waals surface area contributed by atoms with Crippen LogP contribution in [0.1, 0.15) is 5.56 Å². The molecule has 23 heavy (non-hydrogen) atoms. The molecular formula is C17H20N2O3S. The smallest absolute Gasteiger partial charge is 0.171 e. The normalized spacial score (nSPS) is 9.87. The number of hydrogen-bond acceptors (Lipinski definition) is 4. The van der Waals surface area contributed by atoms with Gasteiger partial charge in [0, 0.05) is 30.4 Å². The first-order valence-electron chi connectivity index (χ1n) is 7.05. The molecule has 0 spiro atoms. The summed E-state index contributed by atoms with van der Waals surface area (Å²) in [4.78, 5) is 0. The van der Waals surface area contributed by atoms with Gasteiger partial charge in [0.1, 0.15) is 17.2 Å². The van der Waals surface area contributed by atoms with Gasteiger partial charge in [0.25, 0.3) is 0 Å². The van der Waals surface area contributed by atoms with Crippen LogP contribution in [0, 0.1) is 0 Å². The Bertz CT molecular complexity index is 637. The zero-order valence-electron chi connectivity index (χ0n) is 13.4. The molecule has 0 atom stereocenters. The van der Waals surface area contributed by atoms with E-state index in [0.29, 0.717) is 23.2 Å². The van der Waals surface area contributed by atoms with Crippen LogP contribution in [-0.4, -0.2) is 26.4 Å². The first-order chi connectivity index (χ1) is 11.1. The van der Waals surface area contributed by atoms with Crippen molar-refractivity contribution in [2.24, 2.45) is 0 Å². The molecule has 0 saturated carbocycles. The summed E-state index contributed by atoms with van der Waals surface area (Å²) in [5, 5.41) is 6.80. The summed E-state index contributed by atoms with van der Waals surface area (Å²) < 4.78 is 15.6. The molecule has 5 nitrogen and oxygen atoms in total. The predicted octanol–water partition coefficient (Wildman–Crippen LogP) is 3.20. The first-order valence-corrected chi connectivity index (χ1v) is 7.46. The van der Waals surface area contributed by atoms with Gasteiger partial charge in [-0.05, 0) is 29.9 Å². The van der Waals surface area contributed by atoms with Gasteiger partial charge in [0.05, 0.1) is 21.3 Å². The Morgan fingerprint density at radius 2 is 1.43 bits per heavy atom. The van der Waals surface area contributed by atoms with Gasteiger partial charge in [-0.2, -0.15) is 0 Å². The zero-order chi connectivity index (χ0) is 16.7. The third kappa shape index (κ3) is 5.03.